The number of hydrogen-bond acceptors (Lipinski definition) is 1. The van der Waals surface area contributed by atoms with Crippen molar-refractivity contribution in [3.05, 3.63) is 35.4 Å². The van der Waals surface area contributed by atoms with Crippen LogP contribution in [0, 0.1) is 0 Å². The standard InChI is InChI=1S/C17H27F3OSi/c1-3-16(4-2,21-22)13-7-5-6-8-14-9-11-15(12-10-14)17(18,19)20/h9-12H,3-8,13H2,1-2,22H3. The first-order valence-corrected chi connectivity index (χ1v) is 8.90. The Morgan fingerprint density at radius 3 is 2.00 bits per heavy atom. The van der Waals surface area contributed by atoms with Crippen LogP contribution in [0.4, 0.5) is 13.2 Å². The Balaban J connectivity index is 2.33. The van der Waals surface area contributed by atoms with Crippen molar-refractivity contribution in [2.45, 2.75) is 70.6 Å². The van der Waals surface area contributed by atoms with Crippen molar-refractivity contribution < 1.29 is 17.6 Å². The Bertz CT molecular complexity index is 416. The molecule has 0 aliphatic rings. The Morgan fingerprint density at radius 2 is 1.55 bits per heavy atom. The third-order valence-electron chi connectivity index (χ3n) is 4.60. The highest BCUT2D eigenvalue weighted by Crippen LogP contribution is 2.29. The molecule has 0 bridgehead atoms. The highest BCUT2D eigenvalue weighted by atomic mass is 28.2. The largest absolute Gasteiger partial charge is 0.422 e. The maximum absolute atomic E-state index is 12.5. The molecule has 0 atom stereocenters. The van der Waals surface area contributed by atoms with Gasteiger partial charge in [-0.25, -0.2) is 0 Å². The third kappa shape index (κ3) is 5.76. The van der Waals surface area contributed by atoms with Crippen LogP contribution in [0.3, 0.4) is 0 Å². The van der Waals surface area contributed by atoms with Gasteiger partial charge in [-0.3, -0.25) is 0 Å². The lowest BCUT2D eigenvalue weighted by atomic mass is 9.90. The second-order valence-corrected chi connectivity index (χ2v) is 6.26. The van der Waals surface area contributed by atoms with Gasteiger partial charge in [0.1, 0.15) is 10.5 Å². The molecule has 126 valence electrons. The normalized spacial score (nSPS) is 12.8. The van der Waals surface area contributed by atoms with Gasteiger partial charge in [0.2, 0.25) is 0 Å². The number of alkyl halides is 3. The van der Waals surface area contributed by atoms with E-state index in [2.05, 4.69) is 13.8 Å². The number of rotatable bonds is 9. The smallest absolute Gasteiger partial charge is 0.416 e. The molecule has 0 aromatic heterocycles. The molecule has 1 aromatic rings. The van der Waals surface area contributed by atoms with E-state index >= 15 is 0 Å². The molecule has 0 heterocycles. The summed E-state index contributed by atoms with van der Waals surface area (Å²) in [6.07, 6.45) is 2.99. The van der Waals surface area contributed by atoms with E-state index in [1.807, 2.05) is 0 Å². The van der Waals surface area contributed by atoms with Crippen LogP contribution in [-0.4, -0.2) is 16.1 Å². The molecule has 5 heteroatoms. The lowest BCUT2D eigenvalue weighted by Gasteiger charge is -2.31. The van der Waals surface area contributed by atoms with E-state index < -0.39 is 11.7 Å². The van der Waals surface area contributed by atoms with Gasteiger partial charge >= 0.3 is 6.18 Å². The highest BCUT2D eigenvalue weighted by molar-refractivity contribution is 5.98. The maximum atomic E-state index is 12.5. The van der Waals surface area contributed by atoms with E-state index in [0.29, 0.717) is 0 Å². The van der Waals surface area contributed by atoms with Crippen molar-refractivity contribution in [2.75, 3.05) is 0 Å². The monoisotopic (exact) mass is 332 g/mol. The van der Waals surface area contributed by atoms with Gasteiger partial charge in [-0.1, -0.05) is 38.8 Å². The first-order valence-electron chi connectivity index (χ1n) is 8.08. The maximum Gasteiger partial charge on any atom is 0.416 e. The van der Waals surface area contributed by atoms with Crippen LogP contribution in [0.15, 0.2) is 24.3 Å². The second kappa shape index (κ2) is 8.72. The van der Waals surface area contributed by atoms with Crippen molar-refractivity contribution in [1.82, 2.24) is 0 Å². The third-order valence-corrected chi connectivity index (χ3v) is 5.47. The number of benzene rings is 1. The van der Waals surface area contributed by atoms with Crippen molar-refractivity contribution in [3.8, 4) is 0 Å². The Labute approximate surface area is 134 Å². The molecule has 22 heavy (non-hydrogen) atoms. The minimum Gasteiger partial charge on any atom is -0.422 e. The fourth-order valence-corrected chi connectivity index (χ4v) is 3.59. The average Bonchev–Trinajstić information content (AvgIpc) is 2.51. The van der Waals surface area contributed by atoms with Crippen LogP contribution in [0.5, 0.6) is 0 Å². The SMILES string of the molecule is CCC(CC)(CCCCCc1ccc(C(F)(F)F)cc1)O[SiH3]. The van der Waals surface area contributed by atoms with Crippen molar-refractivity contribution in [1.29, 1.82) is 0 Å². The molecule has 0 unspecified atom stereocenters. The van der Waals surface area contributed by atoms with Crippen molar-refractivity contribution >= 4 is 10.5 Å². The van der Waals surface area contributed by atoms with E-state index in [9.17, 15) is 13.2 Å². The average molecular weight is 332 g/mol. The molecule has 0 aliphatic carbocycles. The molecule has 0 radical (unpaired) electrons. The minimum atomic E-state index is -4.24. The number of halogens is 3. The second-order valence-electron chi connectivity index (χ2n) is 5.85. The lowest BCUT2D eigenvalue weighted by Crippen LogP contribution is -2.30. The Kier molecular flexibility index (Phi) is 7.63. The van der Waals surface area contributed by atoms with E-state index in [-0.39, 0.29) is 5.60 Å². The summed E-state index contributed by atoms with van der Waals surface area (Å²) in [5, 5.41) is 0. The molecule has 0 N–H and O–H groups in total. The first kappa shape index (κ1) is 19.2. The number of hydrogen-bond donors (Lipinski definition) is 0. The van der Waals surface area contributed by atoms with E-state index in [4.69, 9.17) is 4.43 Å². The lowest BCUT2D eigenvalue weighted by molar-refractivity contribution is -0.137. The highest BCUT2D eigenvalue weighted by Gasteiger charge is 2.29. The molecule has 1 rings (SSSR count). The predicted molar refractivity (Wildman–Crippen MR) is 88.0 cm³/mol. The zero-order valence-electron chi connectivity index (χ0n) is 13.8. The first-order chi connectivity index (χ1) is 10.4. The molecule has 0 aliphatic heterocycles. The topological polar surface area (TPSA) is 9.23 Å². The molecule has 0 saturated heterocycles. The molecule has 1 nitrogen and oxygen atoms in total. The molecule has 0 amide bonds. The van der Waals surface area contributed by atoms with Crippen molar-refractivity contribution in [2.24, 2.45) is 0 Å². The summed E-state index contributed by atoms with van der Waals surface area (Å²) in [5.41, 5.74) is 0.459. The minimum absolute atomic E-state index is 0.0561. The quantitative estimate of drug-likeness (QED) is 0.472. The van der Waals surface area contributed by atoms with Gasteiger partial charge in [0.15, 0.2) is 0 Å². The number of unbranched alkanes of at least 4 members (excludes halogenated alkanes) is 2. The van der Waals surface area contributed by atoms with Gasteiger partial charge < -0.3 is 4.43 Å². The van der Waals surface area contributed by atoms with Crippen LogP contribution < -0.4 is 0 Å². The number of aryl methyl sites for hydroxylation is 1. The zero-order valence-corrected chi connectivity index (χ0v) is 15.8. The molecule has 0 spiro atoms. The molecule has 0 fully saturated rings. The van der Waals surface area contributed by atoms with Gasteiger partial charge in [-0.05, 0) is 49.8 Å². The van der Waals surface area contributed by atoms with Gasteiger partial charge in [0, 0.05) is 0 Å². The predicted octanol–water partition coefficient (Wildman–Crippen LogP) is 4.66. The van der Waals surface area contributed by atoms with Crippen LogP contribution in [0.25, 0.3) is 0 Å². The summed E-state index contributed by atoms with van der Waals surface area (Å²) in [6.45, 7) is 4.34. The van der Waals surface area contributed by atoms with Gasteiger partial charge in [-0.2, -0.15) is 13.2 Å². The fourth-order valence-electron chi connectivity index (χ4n) is 2.81. The van der Waals surface area contributed by atoms with Crippen LogP contribution >= 0.6 is 0 Å². The summed E-state index contributed by atoms with van der Waals surface area (Å²) in [5.74, 6) is 0. The summed E-state index contributed by atoms with van der Waals surface area (Å²) in [7, 11) is 0.768. The van der Waals surface area contributed by atoms with E-state index in [1.54, 1.807) is 12.1 Å². The van der Waals surface area contributed by atoms with Crippen LogP contribution in [0.1, 0.15) is 63.5 Å². The van der Waals surface area contributed by atoms with Crippen molar-refractivity contribution in [3.63, 3.8) is 0 Å². The molecular weight excluding hydrogens is 305 g/mol. The zero-order chi connectivity index (χ0) is 16.6. The van der Waals surface area contributed by atoms with Crippen LogP contribution in [-0.2, 0) is 17.0 Å². The van der Waals surface area contributed by atoms with E-state index in [1.165, 1.54) is 12.1 Å². The van der Waals surface area contributed by atoms with Gasteiger partial charge in [0.05, 0.1) is 11.2 Å². The Hall–Kier alpha value is -0.813. The molecule has 1 aromatic carbocycles. The summed E-state index contributed by atoms with van der Waals surface area (Å²) in [6, 6.07) is 5.52. The molecular formula is C17H27F3OSi. The Morgan fingerprint density at radius 1 is 0.955 bits per heavy atom. The summed E-state index contributed by atoms with van der Waals surface area (Å²) in [4.78, 5) is 0. The summed E-state index contributed by atoms with van der Waals surface area (Å²) >= 11 is 0. The van der Waals surface area contributed by atoms with Crippen LogP contribution in [0.2, 0.25) is 0 Å². The van der Waals surface area contributed by atoms with Gasteiger partial charge in [-0.15, -0.1) is 0 Å². The van der Waals surface area contributed by atoms with E-state index in [0.717, 1.165) is 61.0 Å². The summed E-state index contributed by atoms with van der Waals surface area (Å²) < 4.78 is 43.2. The van der Waals surface area contributed by atoms with Gasteiger partial charge in [0.25, 0.3) is 0 Å². The fraction of sp³-hybridized carbons (Fsp3) is 0.647. The molecule has 0 saturated carbocycles.